The standard InChI is InChI=1S/C16H21Cl2N3/c1-2-3-4-15-20-14(16(18)21-15)11-19-10-9-12-5-7-13(17)8-6-12/h5-8,19H,2-4,9-11H2,1H3,(H,20,21). The second-order valence-corrected chi connectivity index (χ2v) is 5.90. The van der Waals surface area contributed by atoms with Gasteiger partial charge in [0.25, 0.3) is 0 Å². The van der Waals surface area contributed by atoms with Crippen LogP contribution >= 0.6 is 23.2 Å². The first kappa shape index (κ1) is 16.3. The second kappa shape index (κ2) is 8.42. The van der Waals surface area contributed by atoms with Crippen LogP contribution in [0.4, 0.5) is 0 Å². The molecule has 3 nitrogen and oxygen atoms in total. The fourth-order valence-corrected chi connectivity index (χ4v) is 2.46. The highest BCUT2D eigenvalue weighted by molar-refractivity contribution is 6.30. The maximum absolute atomic E-state index is 6.14. The van der Waals surface area contributed by atoms with Gasteiger partial charge in [0.2, 0.25) is 0 Å². The summed E-state index contributed by atoms with van der Waals surface area (Å²) in [6.45, 7) is 3.77. The molecule has 2 N–H and O–H groups in total. The summed E-state index contributed by atoms with van der Waals surface area (Å²) in [5.41, 5.74) is 2.24. The maximum Gasteiger partial charge on any atom is 0.151 e. The fourth-order valence-electron chi connectivity index (χ4n) is 2.12. The minimum absolute atomic E-state index is 0.583. The van der Waals surface area contributed by atoms with E-state index in [-0.39, 0.29) is 0 Å². The molecule has 0 aliphatic carbocycles. The third kappa shape index (κ3) is 5.34. The highest BCUT2D eigenvalue weighted by Gasteiger charge is 2.07. The van der Waals surface area contributed by atoms with E-state index in [1.807, 2.05) is 12.1 Å². The first-order chi connectivity index (χ1) is 10.2. The van der Waals surface area contributed by atoms with E-state index in [0.717, 1.165) is 48.8 Å². The lowest BCUT2D eigenvalue weighted by Crippen LogP contribution is -2.17. The number of hydrogen-bond donors (Lipinski definition) is 2. The van der Waals surface area contributed by atoms with Crippen molar-refractivity contribution in [3.63, 3.8) is 0 Å². The Morgan fingerprint density at radius 3 is 2.62 bits per heavy atom. The Hall–Kier alpha value is -1.03. The molecule has 0 saturated carbocycles. The lowest BCUT2D eigenvalue weighted by Gasteiger charge is -2.04. The molecule has 2 aromatic rings. The lowest BCUT2D eigenvalue weighted by atomic mass is 10.1. The molecule has 0 radical (unpaired) electrons. The van der Waals surface area contributed by atoms with E-state index >= 15 is 0 Å². The van der Waals surface area contributed by atoms with Gasteiger partial charge >= 0.3 is 0 Å². The predicted octanol–water partition coefficient (Wildman–Crippen LogP) is 4.39. The van der Waals surface area contributed by atoms with Crippen molar-refractivity contribution >= 4 is 23.2 Å². The molecule has 21 heavy (non-hydrogen) atoms. The van der Waals surface area contributed by atoms with Gasteiger partial charge in [-0.05, 0) is 37.1 Å². The van der Waals surface area contributed by atoms with Crippen molar-refractivity contribution in [3.05, 3.63) is 51.5 Å². The Balaban J connectivity index is 1.75. The number of aromatic amines is 1. The minimum atomic E-state index is 0.583. The molecule has 0 bridgehead atoms. The summed E-state index contributed by atoms with van der Waals surface area (Å²) in [7, 11) is 0. The average Bonchev–Trinajstić information content (AvgIpc) is 2.83. The van der Waals surface area contributed by atoms with Gasteiger partial charge in [0.15, 0.2) is 5.15 Å². The number of nitrogens with one attached hydrogen (secondary N) is 2. The fraction of sp³-hybridized carbons (Fsp3) is 0.438. The van der Waals surface area contributed by atoms with Crippen LogP contribution in [-0.4, -0.2) is 16.5 Å². The number of hydrogen-bond acceptors (Lipinski definition) is 2. The Morgan fingerprint density at radius 1 is 1.14 bits per heavy atom. The van der Waals surface area contributed by atoms with Crippen LogP contribution < -0.4 is 5.32 Å². The van der Waals surface area contributed by atoms with E-state index in [1.165, 1.54) is 5.56 Å². The summed E-state index contributed by atoms with van der Waals surface area (Å²) in [6.07, 6.45) is 4.22. The quantitative estimate of drug-likeness (QED) is 0.706. The Kier molecular flexibility index (Phi) is 6.55. The zero-order valence-corrected chi connectivity index (χ0v) is 13.8. The maximum atomic E-state index is 6.14. The number of halogens is 2. The molecule has 0 spiro atoms. The molecule has 114 valence electrons. The van der Waals surface area contributed by atoms with E-state index in [1.54, 1.807) is 0 Å². The van der Waals surface area contributed by atoms with Crippen LogP contribution in [0.3, 0.4) is 0 Å². The molecule has 0 aliphatic heterocycles. The van der Waals surface area contributed by atoms with Crippen molar-refractivity contribution in [2.45, 2.75) is 39.2 Å². The number of H-pyrrole nitrogens is 1. The number of aryl methyl sites for hydroxylation is 1. The van der Waals surface area contributed by atoms with E-state index in [2.05, 4.69) is 34.3 Å². The van der Waals surface area contributed by atoms with Crippen molar-refractivity contribution in [2.24, 2.45) is 0 Å². The van der Waals surface area contributed by atoms with Crippen molar-refractivity contribution in [1.29, 1.82) is 0 Å². The van der Waals surface area contributed by atoms with Gasteiger partial charge in [-0.15, -0.1) is 0 Å². The van der Waals surface area contributed by atoms with E-state index in [9.17, 15) is 0 Å². The Morgan fingerprint density at radius 2 is 1.90 bits per heavy atom. The monoisotopic (exact) mass is 325 g/mol. The van der Waals surface area contributed by atoms with Gasteiger partial charge in [0.1, 0.15) is 5.82 Å². The van der Waals surface area contributed by atoms with Gasteiger partial charge in [0, 0.05) is 18.0 Å². The van der Waals surface area contributed by atoms with E-state index < -0.39 is 0 Å². The molecule has 1 aromatic carbocycles. The number of unbranched alkanes of at least 4 members (excludes halogenated alkanes) is 1. The zero-order valence-electron chi connectivity index (χ0n) is 12.3. The third-order valence-corrected chi connectivity index (χ3v) is 3.91. The predicted molar refractivity (Wildman–Crippen MR) is 89.1 cm³/mol. The van der Waals surface area contributed by atoms with Crippen molar-refractivity contribution in [1.82, 2.24) is 15.3 Å². The highest BCUT2D eigenvalue weighted by atomic mass is 35.5. The first-order valence-corrected chi connectivity index (χ1v) is 8.13. The van der Waals surface area contributed by atoms with Gasteiger partial charge in [-0.25, -0.2) is 4.98 Å². The van der Waals surface area contributed by atoms with Crippen LogP contribution in [0.25, 0.3) is 0 Å². The van der Waals surface area contributed by atoms with Gasteiger partial charge in [-0.1, -0.05) is 48.7 Å². The molecule has 0 amide bonds. The topological polar surface area (TPSA) is 40.7 Å². The summed E-state index contributed by atoms with van der Waals surface area (Å²) in [4.78, 5) is 7.65. The molecule has 1 aromatic heterocycles. The van der Waals surface area contributed by atoms with Gasteiger partial charge in [-0.3, -0.25) is 0 Å². The minimum Gasteiger partial charge on any atom is -0.344 e. The molecular weight excluding hydrogens is 305 g/mol. The molecular formula is C16H21Cl2N3. The molecule has 0 aliphatic rings. The Labute approximate surface area is 136 Å². The molecule has 0 fully saturated rings. The lowest BCUT2D eigenvalue weighted by molar-refractivity contribution is 0.674. The number of benzene rings is 1. The van der Waals surface area contributed by atoms with Crippen LogP contribution in [0.5, 0.6) is 0 Å². The summed E-state index contributed by atoms with van der Waals surface area (Å²) >= 11 is 12.0. The van der Waals surface area contributed by atoms with Crippen LogP contribution in [-0.2, 0) is 19.4 Å². The molecule has 5 heteroatoms. The van der Waals surface area contributed by atoms with Crippen molar-refractivity contribution in [2.75, 3.05) is 6.54 Å². The third-order valence-electron chi connectivity index (χ3n) is 3.35. The highest BCUT2D eigenvalue weighted by Crippen LogP contribution is 2.14. The molecule has 0 saturated heterocycles. The van der Waals surface area contributed by atoms with Crippen molar-refractivity contribution in [3.8, 4) is 0 Å². The van der Waals surface area contributed by atoms with Crippen LogP contribution in [0.15, 0.2) is 24.3 Å². The molecule has 2 rings (SSSR count). The van der Waals surface area contributed by atoms with Crippen LogP contribution in [0.2, 0.25) is 10.2 Å². The SMILES string of the molecule is CCCCc1nc(Cl)c(CNCCc2ccc(Cl)cc2)[nH]1. The summed E-state index contributed by atoms with van der Waals surface area (Å²) < 4.78 is 0. The van der Waals surface area contributed by atoms with Gasteiger partial charge in [-0.2, -0.15) is 0 Å². The second-order valence-electron chi connectivity index (χ2n) is 5.11. The molecule has 0 atom stereocenters. The van der Waals surface area contributed by atoms with E-state index in [0.29, 0.717) is 11.7 Å². The molecule has 0 unspecified atom stereocenters. The van der Waals surface area contributed by atoms with Crippen molar-refractivity contribution < 1.29 is 0 Å². The summed E-state index contributed by atoms with van der Waals surface area (Å²) in [5, 5.41) is 4.74. The first-order valence-electron chi connectivity index (χ1n) is 7.37. The Bertz CT molecular complexity index is 549. The van der Waals surface area contributed by atoms with Gasteiger partial charge in [0.05, 0.1) is 5.69 Å². The molecule has 1 heterocycles. The van der Waals surface area contributed by atoms with Gasteiger partial charge < -0.3 is 10.3 Å². The number of imidazole rings is 1. The number of rotatable bonds is 8. The average molecular weight is 326 g/mol. The van der Waals surface area contributed by atoms with E-state index in [4.69, 9.17) is 23.2 Å². The summed E-state index contributed by atoms with van der Waals surface area (Å²) in [6, 6.07) is 7.94. The summed E-state index contributed by atoms with van der Waals surface area (Å²) in [5.74, 6) is 0.983. The van der Waals surface area contributed by atoms with Crippen LogP contribution in [0.1, 0.15) is 36.8 Å². The zero-order chi connectivity index (χ0) is 15.1. The van der Waals surface area contributed by atoms with Crippen LogP contribution in [0, 0.1) is 0 Å². The smallest absolute Gasteiger partial charge is 0.151 e. The normalized spacial score (nSPS) is 11.0. The number of nitrogens with zero attached hydrogens (tertiary/aromatic N) is 1. The largest absolute Gasteiger partial charge is 0.344 e. The number of aromatic nitrogens is 2.